The molecule has 2 rings (SSSR count). The van der Waals surface area contributed by atoms with Crippen LogP contribution in [0.4, 0.5) is 5.69 Å². The lowest BCUT2D eigenvalue weighted by Gasteiger charge is -2.34. The van der Waals surface area contributed by atoms with Gasteiger partial charge in [-0.25, -0.2) is 0 Å². The van der Waals surface area contributed by atoms with E-state index in [1.807, 2.05) is 0 Å². The standard InChI is InChI=1S/C15H20N2/c1-2-3-11-16-14-9-12-17(13-10-14)15-7-5-4-6-8-15/h1,4-8,14,16H,3,9-13H2. The van der Waals surface area contributed by atoms with Crippen LogP contribution in [0.25, 0.3) is 0 Å². The largest absolute Gasteiger partial charge is 0.371 e. The molecule has 0 radical (unpaired) electrons. The van der Waals surface area contributed by atoms with Gasteiger partial charge in [0.15, 0.2) is 0 Å². The van der Waals surface area contributed by atoms with Gasteiger partial charge in [0.2, 0.25) is 0 Å². The summed E-state index contributed by atoms with van der Waals surface area (Å²) < 4.78 is 0. The molecule has 1 saturated heterocycles. The lowest BCUT2D eigenvalue weighted by Crippen LogP contribution is -2.42. The summed E-state index contributed by atoms with van der Waals surface area (Å²) in [5.74, 6) is 2.67. The Morgan fingerprint density at radius 1 is 1.24 bits per heavy atom. The lowest BCUT2D eigenvalue weighted by molar-refractivity contribution is 0.419. The van der Waals surface area contributed by atoms with E-state index >= 15 is 0 Å². The molecule has 0 spiro atoms. The molecule has 1 aliphatic rings. The number of hydrogen-bond acceptors (Lipinski definition) is 2. The number of rotatable bonds is 4. The van der Waals surface area contributed by atoms with E-state index < -0.39 is 0 Å². The zero-order chi connectivity index (χ0) is 11.9. The Morgan fingerprint density at radius 2 is 1.94 bits per heavy atom. The van der Waals surface area contributed by atoms with Gasteiger partial charge in [0, 0.05) is 37.8 Å². The molecule has 1 aromatic rings. The van der Waals surface area contributed by atoms with E-state index in [2.05, 4.69) is 46.5 Å². The van der Waals surface area contributed by atoms with E-state index in [4.69, 9.17) is 6.42 Å². The maximum Gasteiger partial charge on any atom is 0.0366 e. The molecule has 0 aliphatic carbocycles. The van der Waals surface area contributed by atoms with Crippen molar-refractivity contribution in [3.8, 4) is 12.3 Å². The number of nitrogens with one attached hydrogen (secondary N) is 1. The maximum atomic E-state index is 5.24. The van der Waals surface area contributed by atoms with Crippen LogP contribution in [0.3, 0.4) is 0 Å². The Hall–Kier alpha value is -1.46. The molecule has 2 nitrogen and oxygen atoms in total. The highest BCUT2D eigenvalue weighted by Gasteiger charge is 2.18. The lowest BCUT2D eigenvalue weighted by atomic mass is 10.0. The Morgan fingerprint density at radius 3 is 2.59 bits per heavy atom. The zero-order valence-corrected chi connectivity index (χ0v) is 10.2. The molecule has 0 saturated carbocycles. The predicted molar refractivity (Wildman–Crippen MR) is 73.1 cm³/mol. The van der Waals surface area contributed by atoms with Crippen LogP contribution in [0.2, 0.25) is 0 Å². The second-order valence-electron chi connectivity index (χ2n) is 4.51. The summed E-state index contributed by atoms with van der Waals surface area (Å²) in [6.07, 6.45) is 8.49. The summed E-state index contributed by atoms with van der Waals surface area (Å²) in [5.41, 5.74) is 1.34. The molecule has 0 aromatic heterocycles. The number of hydrogen-bond donors (Lipinski definition) is 1. The van der Waals surface area contributed by atoms with Crippen molar-refractivity contribution in [1.29, 1.82) is 0 Å². The molecule has 0 bridgehead atoms. The van der Waals surface area contributed by atoms with Crippen molar-refractivity contribution in [3.63, 3.8) is 0 Å². The first-order valence-electron chi connectivity index (χ1n) is 6.37. The molecule has 1 N–H and O–H groups in total. The maximum absolute atomic E-state index is 5.24. The molecule has 0 atom stereocenters. The van der Waals surface area contributed by atoms with Crippen LogP contribution in [0, 0.1) is 12.3 Å². The number of piperidine rings is 1. The average Bonchev–Trinajstić information content (AvgIpc) is 2.41. The molecule has 2 heteroatoms. The summed E-state index contributed by atoms with van der Waals surface area (Å²) in [5, 5.41) is 3.53. The van der Waals surface area contributed by atoms with Gasteiger partial charge in [-0.15, -0.1) is 12.3 Å². The minimum absolute atomic E-state index is 0.642. The second kappa shape index (κ2) is 6.32. The Labute approximate surface area is 104 Å². The van der Waals surface area contributed by atoms with Crippen molar-refractivity contribution < 1.29 is 0 Å². The van der Waals surface area contributed by atoms with Gasteiger partial charge in [-0.3, -0.25) is 0 Å². The van der Waals surface area contributed by atoms with Crippen LogP contribution in [-0.2, 0) is 0 Å². The minimum atomic E-state index is 0.642. The van der Waals surface area contributed by atoms with Crippen LogP contribution >= 0.6 is 0 Å². The topological polar surface area (TPSA) is 15.3 Å². The van der Waals surface area contributed by atoms with Crippen LogP contribution < -0.4 is 10.2 Å². The minimum Gasteiger partial charge on any atom is -0.371 e. The number of benzene rings is 1. The van der Waals surface area contributed by atoms with Crippen molar-refractivity contribution >= 4 is 5.69 Å². The van der Waals surface area contributed by atoms with Crippen molar-refractivity contribution in [3.05, 3.63) is 30.3 Å². The SMILES string of the molecule is C#CCCNC1CCN(c2ccccc2)CC1. The van der Waals surface area contributed by atoms with E-state index in [9.17, 15) is 0 Å². The first-order valence-corrected chi connectivity index (χ1v) is 6.37. The van der Waals surface area contributed by atoms with Crippen LogP contribution in [0.5, 0.6) is 0 Å². The normalized spacial score (nSPS) is 16.8. The summed E-state index contributed by atoms with van der Waals surface area (Å²) in [6.45, 7) is 3.22. The molecule has 1 aliphatic heterocycles. The first kappa shape index (κ1) is 12.0. The summed E-state index contributed by atoms with van der Waals surface area (Å²) >= 11 is 0. The number of anilines is 1. The third-order valence-electron chi connectivity index (χ3n) is 3.32. The van der Waals surface area contributed by atoms with Gasteiger partial charge in [-0.2, -0.15) is 0 Å². The monoisotopic (exact) mass is 228 g/mol. The van der Waals surface area contributed by atoms with Crippen LogP contribution in [-0.4, -0.2) is 25.7 Å². The van der Waals surface area contributed by atoms with Crippen molar-refractivity contribution in [2.45, 2.75) is 25.3 Å². The van der Waals surface area contributed by atoms with Gasteiger partial charge >= 0.3 is 0 Å². The number of terminal acetylenes is 1. The Balaban J connectivity index is 1.77. The molecule has 90 valence electrons. The van der Waals surface area contributed by atoms with Crippen LogP contribution in [0.15, 0.2) is 30.3 Å². The molecular formula is C15H20N2. The van der Waals surface area contributed by atoms with E-state index in [0.717, 1.165) is 26.1 Å². The Kier molecular flexibility index (Phi) is 4.46. The van der Waals surface area contributed by atoms with Gasteiger partial charge in [-0.1, -0.05) is 18.2 Å². The summed E-state index contributed by atoms with van der Waals surface area (Å²) in [4.78, 5) is 2.46. The van der Waals surface area contributed by atoms with E-state index in [0.29, 0.717) is 6.04 Å². The van der Waals surface area contributed by atoms with Gasteiger partial charge in [0.05, 0.1) is 0 Å². The van der Waals surface area contributed by atoms with Gasteiger partial charge < -0.3 is 10.2 Å². The summed E-state index contributed by atoms with van der Waals surface area (Å²) in [6, 6.07) is 11.3. The molecule has 17 heavy (non-hydrogen) atoms. The number of para-hydroxylation sites is 1. The fourth-order valence-electron chi connectivity index (χ4n) is 2.33. The van der Waals surface area contributed by atoms with E-state index in [1.165, 1.54) is 18.5 Å². The van der Waals surface area contributed by atoms with E-state index in [1.54, 1.807) is 0 Å². The molecule has 1 fully saturated rings. The van der Waals surface area contributed by atoms with Gasteiger partial charge in [0.25, 0.3) is 0 Å². The highest BCUT2D eigenvalue weighted by atomic mass is 15.1. The quantitative estimate of drug-likeness (QED) is 0.628. The molecular weight excluding hydrogens is 208 g/mol. The summed E-state index contributed by atoms with van der Waals surface area (Å²) in [7, 11) is 0. The van der Waals surface area contributed by atoms with E-state index in [-0.39, 0.29) is 0 Å². The van der Waals surface area contributed by atoms with Crippen LogP contribution in [0.1, 0.15) is 19.3 Å². The third kappa shape index (κ3) is 3.51. The van der Waals surface area contributed by atoms with Crippen molar-refractivity contribution in [1.82, 2.24) is 5.32 Å². The van der Waals surface area contributed by atoms with Gasteiger partial charge in [-0.05, 0) is 25.0 Å². The fraction of sp³-hybridized carbons (Fsp3) is 0.467. The average molecular weight is 228 g/mol. The Bertz CT molecular complexity index is 358. The van der Waals surface area contributed by atoms with Crippen molar-refractivity contribution in [2.75, 3.05) is 24.5 Å². The fourth-order valence-corrected chi connectivity index (χ4v) is 2.33. The highest BCUT2D eigenvalue weighted by molar-refractivity contribution is 5.46. The smallest absolute Gasteiger partial charge is 0.0366 e. The zero-order valence-electron chi connectivity index (χ0n) is 10.2. The third-order valence-corrected chi connectivity index (χ3v) is 3.32. The first-order chi connectivity index (χ1) is 8.40. The predicted octanol–water partition coefficient (Wildman–Crippen LogP) is 2.27. The molecule has 1 heterocycles. The molecule has 0 unspecified atom stereocenters. The van der Waals surface area contributed by atoms with Crippen molar-refractivity contribution in [2.24, 2.45) is 0 Å². The highest BCUT2D eigenvalue weighted by Crippen LogP contribution is 2.19. The second-order valence-corrected chi connectivity index (χ2v) is 4.51. The number of nitrogens with zero attached hydrogens (tertiary/aromatic N) is 1. The van der Waals surface area contributed by atoms with Gasteiger partial charge in [0.1, 0.15) is 0 Å². The molecule has 1 aromatic carbocycles. The molecule has 0 amide bonds.